The molecular weight excluding hydrogens is 329 g/mol. The second-order valence-electron chi connectivity index (χ2n) is 8.87. The number of hydrogen-bond donors (Lipinski definition) is 3. The first kappa shape index (κ1) is 16.9. The van der Waals surface area contributed by atoms with Crippen LogP contribution in [0.1, 0.15) is 39.5 Å². The van der Waals surface area contributed by atoms with E-state index in [0.717, 1.165) is 6.42 Å². The topological polar surface area (TPSA) is 66.5 Å². The van der Waals surface area contributed by atoms with E-state index in [2.05, 4.69) is 13.8 Å². The molecular formula is C19H27ClFNO2. The summed E-state index contributed by atoms with van der Waals surface area (Å²) >= 11 is 7.26. The minimum Gasteiger partial charge on any atom is -0.512 e. The van der Waals surface area contributed by atoms with Crippen LogP contribution < -0.4 is 5.73 Å². The molecule has 0 aromatic carbocycles. The molecule has 4 rings (SSSR count). The average molecular weight is 356 g/mol. The number of nitrogens with two attached hydrogens (primary N) is 1. The van der Waals surface area contributed by atoms with E-state index in [1.165, 1.54) is 0 Å². The summed E-state index contributed by atoms with van der Waals surface area (Å²) in [6, 6.07) is -0.495. The van der Waals surface area contributed by atoms with Crippen LogP contribution in [0.5, 0.6) is 0 Å². The lowest BCUT2D eigenvalue weighted by Gasteiger charge is -2.61. The largest absolute Gasteiger partial charge is 0.512 e. The minimum atomic E-state index is -1.04. The molecule has 4 aliphatic carbocycles. The molecule has 2 fully saturated rings. The SMILES string of the molecule is C[C@]12C=CC(O)CC1C=C(O)[C@H]1[C@@H]3CC(F)C(N)[C@@]3(C)CC[C@]12Cl. The van der Waals surface area contributed by atoms with Crippen LogP contribution in [0, 0.1) is 28.6 Å². The molecule has 0 spiro atoms. The molecule has 0 radical (unpaired) electrons. The third kappa shape index (κ3) is 1.85. The normalized spacial score (nSPS) is 59.3. The zero-order chi connectivity index (χ0) is 17.5. The predicted molar refractivity (Wildman–Crippen MR) is 92.5 cm³/mol. The van der Waals surface area contributed by atoms with Crippen LogP contribution >= 0.6 is 11.6 Å². The number of allylic oxidation sites excluding steroid dienone is 3. The van der Waals surface area contributed by atoms with Gasteiger partial charge in [-0.3, -0.25) is 0 Å². The van der Waals surface area contributed by atoms with Crippen LogP contribution in [0.15, 0.2) is 24.0 Å². The monoisotopic (exact) mass is 355 g/mol. The van der Waals surface area contributed by atoms with Gasteiger partial charge in [-0.2, -0.15) is 0 Å². The Morgan fingerprint density at radius 1 is 1.29 bits per heavy atom. The predicted octanol–water partition coefficient (Wildman–Crippen LogP) is 3.46. The fourth-order valence-electron chi connectivity index (χ4n) is 6.17. The molecule has 2 saturated carbocycles. The van der Waals surface area contributed by atoms with Crippen LogP contribution in [0.2, 0.25) is 0 Å². The number of halogens is 2. The van der Waals surface area contributed by atoms with Gasteiger partial charge >= 0.3 is 0 Å². The first-order valence-corrected chi connectivity index (χ1v) is 9.38. The summed E-state index contributed by atoms with van der Waals surface area (Å²) in [7, 11) is 0. The highest BCUT2D eigenvalue weighted by molar-refractivity contribution is 6.25. The summed E-state index contributed by atoms with van der Waals surface area (Å²) in [6.07, 6.45) is 6.55. The maximum absolute atomic E-state index is 14.4. The molecule has 0 saturated heterocycles. The van der Waals surface area contributed by atoms with Crippen LogP contribution in [0.25, 0.3) is 0 Å². The molecule has 0 aromatic rings. The van der Waals surface area contributed by atoms with E-state index in [1.807, 2.05) is 18.2 Å². The molecule has 4 unspecified atom stereocenters. The number of aliphatic hydroxyl groups is 2. The van der Waals surface area contributed by atoms with Gasteiger partial charge in [0.2, 0.25) is 0 Å². The molecule has 4 N–H and O–H groups in total. The summed E-state index contributed by atoms with van der Waals surface area (Å²) in [5.74, 6) is -0.0760. The quantitative estimate of drug-likeness (QED) is 0.460. The van der Waals surface area contributed by atoms with Crippen molar-refractivity contribution in [3.05, 3.63) is 24.0 Å². The zero-order valence-corrected chi connectivity index (χ0v) is 15.0. The second-order valence-corrected chi connectivity index (χ2v) is 9.55. The van der Waals surface area contributed by atoms with Crippen molar-refractivity contribution in [2.75, 3.05) is 0 Å². The lowest BCUT2D eigenvalue weighted by Crippen LogP contribution is -2.62. The van der Waals surface area contributed by atoms with E-state index in [9.17, 15) is 14.6 Å². The fraction of sp³-hybridized carbons (Fsp3) is 0.789. The number of fused-ring (bicyclic) bond motifs is 5. The molecule has 134 valence electrons. The fourth-order valence-corrected chi connectivity index (χ4v) is 6.74. The third-order valence-electron chi connectivity index (χ3n) is 7.92. The summed E-state index contributed by atoms with van der Waals surface area (Å²) in [5.41, 5.74) is 5.51. The molecule has 9 atom stereocenters. The molecule has 0 aromatic heterocycles. The Morgan fingerprint density at radius 3 is 2.71 bits per heavy atom. The Morgan fingerprint density at radius 2 is 2.00 bits per heavy atom. The molecule has 4 aliphatic rings. The smallest absolute Gasteiger partial charge is 0.116 e. The first-order valence-electron chi connectivity index (χ1n) is 9.00. The van der Waals surface area contributed by atoms with Gasteiger partial charge in [0.25, 0.3) is 0 Å². The Hall–Kier alpha value is -0.580. The maximum Gasteiger partial charge on any atom is 0.116 e. The van der Waals surface area contributed by atoms with Crippen molar-refractivity contribution in [1.29, 1.82) is 0 Å². The molecule has 24 heavy (non-hydrogen) atoms. The van der Waals surface area contributed by atoms with Crippen molar-refractivity contribution >= 4 is 11.6 Å². The van der Waals surface area contributed by atoms with Crippen molar-refractivity contribution < 1.29 is 14.6 Å². The standard InChI is InChI=1S/C19H27ClFNO2/c1-17-5-6-19(20)15(12(17)9-13(21)16(17)22)14(24)8-10-7-11(23)3-4-18(10,19)2/h3-4,8,10-13,15-16,23-24H,5-7,9,22H2,1-2H3/t10?,11?,12-,13?,15+,16?,17-,18-,19-/m0/s1. The Bertz CT molecular complexity index is 624. The Kier molecular flexibility index (Phi) is 3.50. The van der Waals surface area contributed by atoms with Gasteiger partial charge in [-0.15, -0.1) is 11.6 Å². The zero-order valence-electron chi connectivity index (χ0n) is 14.3. The van der Waals surface area contributed by atoms with Gasteiger partial charge in [-0.25, -0.2) is 4.39 Å². The number of rotatable bonds is 0. The third-order valence-corrected chi connectivity index (χ3v) is 8.75. The summed E-state index contributed by atoms with van der Waals surface area (Å²) in [6.45, 7) is 4.17. The highest BCUT2D eigenvalue weighted by Crippen LogP contribution is 2.68. The van der Waals surface area contributed by atoms with Gasteiger partial charge in [-0.05, 0) is 49.0 Å². The highest BCUT2D eigenvalue weighted by atomic mass is 35.5. The molecule has 0 heterocycles. The van der Waals surface area contributed by atoms with E-state index in [-0.39, 0.29) is 34.3 Å². The van der Waals surface area contributed by atoms with Crippen LogP contribution in [0.3, 0.4) is 0 Å². The molecule has 0 amide bonds. The average Bonchev–Trinajstić information content (AvgIpc) is 2.74. The Balaban J connectivity index is 1.83. The summed E-state index contributed by atoms with van der Waals surface area (Å²) < 4.78 is 14.4. The second kappa shape index (κ2) is 4.99. The molecule has 5 heteroatoms. The van der Waals surface area contributed by atoms with E-state index < -0.39 is 23.2 Å². The van der Waals surface area contributed by atoms with Crippen LogP contribution in [0.4, 0.5) is 4.39 Å². The van der Waals surface area contributed by atoms with Gasteiger partial charge in [0, 0.05) is 17.4 Å². The van der Waals surface area contributed by atoms with Crippen LogP contribution in [-0.2, 0) is 0 Å². The molecule has 3 nitrogen and oxygen atoms in total. The highest BCUT2D eigenvalue weighted by Gasteiger charge is 2.68. The number of alkyl halides is 2. The molecule has 0 bridgehead atoms. The lowest BCUT2D eigenvalue weighted by atomic mass is 9.47. The minimum absolute atomic E-state index is 0.00754. The van der Waals surface area contributed by atoms with E-state index in [4.69, 9.17) is 17.3 Å². The van der Waals surface area contributed by atoms with E-state index >= 15 is 0 Å². The van der Waals surface area contributed by atoms with E-state index in [1.54, 1.807) is 0 Å². The lowest BCUT2D eigenvalue weighted by molar-refractivity contribution is -0.0296. The summed E-state index contributed by atoms with van der Waals surface area (Å²) in [5, 5.41) is 20.8. The summed E-state index contributed by atoms with van der Waals surface area (Å²) in [4.78, 5) is -0.666. The van der Waals surface area contributed by atoms with Crippen molar-refractivity contribution in [3.8, 4) is 0 Å². The van der Waals surface area contributed by atoms with Crippen LogP contribution in [-0.4, -0.2) is 33.4 Å². The van der Waals surface area contributed by atoms with Crippen molar-refractivity contribution in [3.63, 3.8) is 0 Å². The Labute approximate surface area is 147 Å². The molecule has 0 aliphatic heterocycles. The number of hydrogen-bond acceptors (Lipinski definition) is 3. The van der Waals surface area contributed by atoms with Crippen molar-refractivity contribution in [2.45, 2.75) is 62.7 Å². The van der Waals surface area contributed by atoms with Crippen molar-refractivity contribution in [2.24, 2.45) is 34.3 Å². The van der Waals surface area contributed by atoms with E-state index in [0.29, 0.717) is 19.3 Å². The van der Waals surface area contributed by atoms with Gasteiger partial charge < -0.3 is 15.9 Å². The maximum atomic E-state index is 14.4. The van der Waals surface area contributed by atoms with Gasteiger partial charge in [-0.1, -0.05) is 26.0 Å². The first-order chi connectivity index (χ1) is 11.1. The van der Waals surface area contributed by atoms with Gasteiger partial charge in [0.05, 0.1) is 16.7 Å². The van der Waals surface area contributed by atoms with Gasteiger partial charge in [0.1, 0.15) is 6.17 Å². The van der Waals surface area contributed by atoms with Crippen molar-refractivity contribution in [1.82, 2.24) is 0 Å². The van der Waals surface area contributed by atoms with Gasteiger partial charge in [0.15, 0.2) is 0 Å². The number of aliphatic hydroxyl groups excluding tert-OH is 2.